The number of unbranched alkanes of at least 4 members (excludes halogenated alkanes) is 1. The summed E-state index contributed by atoms with van der Waals surface area (Å²) in [5.74, 6) is -1.29. The molecule has 3 aromatic carbocycles. The number of nitrogens with one attached hydrogen (secondary N) is 2. The molecular weight excluding hydrogens is 592 g/mol. The molecule has 3 N–H and O–H groups in total. The third kappa shape index (κ3) is 8.98. The molecule has 0 radical (unpaired) electrons. The lowest BCUT2D eigenvalue weighted by molar-refractivity contribution is -0.139. The quantitative estimate of drug-likeness (QED) is 0.113. The molecule has 0 spiro atoms. The maximum Gasteiger partial charge on any atom is 0.333 e. The number of hydrogen-bond acceptors (Lipinski definition) is 8. The van der Waals surface area contributed by atoms with Crippen LogP contribution in [0.5, 0.6) is 0 Å². The van der Waals surface area contributed by atoms with Crippen molar-refractivity contribution in [2.24, 2.45) is 11.8 Å². The van der Waals surface area contributed by atoms with Gasteiger partial charge in [0.1, 0.15) is 0 Å². The topological polar surface area (TPSA) is 114 Å². The molecule has 0 fully saturated rings. The summed E-state index contributed by atoms with van der Waals surface area (Å²) in [6.45, 7) is 15.0. The maximum atomic E-state index is 14.1. The highest BCUT2D eigenvalue weighted by Crippen LogP contribution is 2.47. The molecule has 3 unspecified atom stereocenters. The van der Waals surface area contributed by atoms with Crippen molar-refractivity contribution in [1.82, 2.24) is 0 Å². The molecule has 0 amide bonds. The zero-order valence-corrected chi connectivity index (χ0v) is 27.9. The molecule has 0 aromatic heterocycles. The number of hydrogen-bond donors (Lipinski definition) is 3. The predicted octanol–water partition coefficient (Wildman–Crippen LogP) is 8.17. The van der Waals surface area contributed by atoms with Gasteiger partial charge in [-0.15, -0.1) is 0 Å². The number of Topliss-reactive ketones (excluding diaryl/α,β-unsaturated/α-hetero) is 1. The van der Waals surface area contributed by atoms with Crippen LogP contribution in [0, 0.1) is 11.8 Å². The number of fused-ring (bicyclic) bond motifs is 1. The van der Waals surface area contributed by atoms with Crippen LogP contribution in [0.4, 0.5) is 22.7 Å². The highest BCUT2D eigenvalue weighted by molar-refractivity contribution is 6.07. The van der Waals surface area contributed by atoms with Gasteiger partial charge in [0, 0.05) is 63.8 Å². The lowest BCUT2D eigenvalue weighted by Crippen LogP contribution is -2.34. The second kappa shape index (κ2) is 16.2. The minimum Gasteiger partial charge on any atom is -0.462 e. The molecular formula is C39H46N2O6. The van der Waals surface area contributed by atoms with Crippen molar-refractivity contribution < 1.29 is 29.0 Å². The SMILES string of the molecule is C=C(C)C(=O)OCCc1ccc(Nc2ccc(Nc3ccc(CCOC(=O)C(=C)C)cc3)c3c2C(=O)C(CCCC)C(C)C3O)cc1. The Hall–Kier alpha value is -4.69. The number of ether oxygens (including phenoxy) is 2. The fourth-order valence-corrected chi connectivity index (χ4v) is 5.72. The van der Waals surface area contributed by atoms with E-state index in [2.05, 4.69) is 30.7 Å². The first kappa shape index (κ1) is 35.2. The number of carbonyl (C=O) groups excluding carboxylic acids is 3. The average molecular weight is 639 g/mol. The Labute approximate surface area is 277 Å². The van der Waals surface area contributed by atoms with Gasteiger partial charge in [-0.2, -0.15) is 0 Å². The standard InChI is InChI=1S/C39H46N2O6/c1-7-8-9-31-26(6)36(42)34-32(40-29-14-10-27(11-15-29)20-22-46-38(44)24(2)3)18-19-33(35(34)37(31)43)41-30-16-12-28(13-17-30)21-23-47-39(45)25(4)5/h10-19,26,31,36,40-42H,2,4,7-9,20-23H2,1,3,5-6H3. The summed E-state index contributed by atoms with van der Waals surface area (Å²) >= 11 is 0. The van der Waals surface area contributed by atoms with Crippen LogP contribution in [0.1, 0.15) is 80.1 Å². The van der Waals surface area contributed by atoms with E-state index >= 15 is 0 Å². The number of aliphatic hydroxyl groups is 1. The fourth-order valence-electron chi connectivity index (χ4n) is 5.72. The van der Waals surface area contributed by atoms with E-state index in [4.69, 9.17) is 9.47 Å². The number of aliphatic hydroxyl groups excluding tert-OH is 1. The molecule has 8 heteroatoms. The Balaban J connectivity index is 1.56. The monoisotopic (exact) mass is 638 g/mol. The Morgan fingerprint density at radius 1 is 0.787 bits per heavy atom. The van der Waals surface area contributed by atoms with Gasteiger partial charge in [0.2, 0.25) is 0 Å². The summed E-state index contributed by atoms with van der Waals surface area (Å²) < 4.78 is 10.4. The number of benzene rings is 3. The highest BCUT2D eigenvalue weighted by atomic mass is 16.5. The second-order valence-corrected chi connectivity index (χ2v) is 12.3. The van der Waals surface area contributed by atoms with Crippen LogP contribution < -0.4 is 10.6 Å². The van der Waals surface area contributed by atoms with Gasteiger partial charge in [0.25, 0.3) is 0 Å². The largest absolute Gasteiger partial charge is 0.462 e. The lowest BCUT2D eigenvalue weighted by Gasteiger charge is -2.36. The van der Waals surface area contributed by atoms with Crippen LogP contribution in [-0.4, -0.2) is 36.0 Å². The van der Waals surface area contributed by atoms with Gasteiger partial charge in [-0.1, -0.05) is 64.1 Å². The number of ketones is 1. The van der Waals surface area contributed by atoms with E-state index in [1.807, 2.05) is 67.6 Å². The summed E-state index contributed by atoms with van der Waals surface area (Å²) in [6, 6.07) is 19.3. The van der Waals surface area contributed by atoms with Gasteiger partial charge in [-0.05, 0) is 73.7 Å². The summed E-state index contributed by atoms with van der Waals surface area (Å²) in [4.78, 5) is 37.5. The molecule has 8 nitrogen and oxygen atoms in total. The third-order valence-electron chi connectivity index (χ3n) is 8.54. The highest BCUT2D eigenvalue weighted by Gasteiger charge is 2.41. The van der Waals surface area contributed by atoms with E-state index in [0.717, 1.165) is 41.8 Å². The molecule has 0 saturated heterocycles. The molecule has 248 valence electrons. The Morgan fingerprint density at radius 2 is 1.26 bits per heavy atom. The Kier molecular flexibility index (Phi) is 12.1. The van der Waals surface area contributed by atoms with E-state index in [1.54, 1.807) is 13.8 Å². The molecule has 0 bridgehead atoms. The van der Waals surface area contributed by atoms with Gasteiger partial charge in [-0.3, -0.25) is 4.79 Å². The molecule has 1 aliphatic rings. The normalized spacial score (nSPS) is 17.0. The number of rotatable bonds is 15. The zero-order valence-electron chi connectivity index (χ0n) is 27.9. The number of anilines is 4. The van der Waals surface area contributed by atoms with E-state index in [-0.39, 0.29) is 30.8 Å². The summed E-state index contributed by atoms with van der Waals surface area (Å²) in [7, 11) is 0. The first-order chi connectivity index (χ1) is 22.5. The van der Waals surface area contributed by atoms with Crippen molar-refractivity contribution in [2.75, 3.05) is 23.8 Å². The Morgan fingerprint density at radius 3 is 1.72 bits per heavy atom. The third-order valence-corrected chi connectivity index (χ3v) is 8.54. The van der Waals surface area contributed by atoms with Crippen LogP contribution >= 0.6 is 0 Å². The average Bonchev–Trinajstić information content (AvgIpc) is 3.05. The lowest BCUT2D eigenvalue weighted by atomic mass is 9.71. The Bertz CT molecular complexity index is 1610. The van der Waals surface area contributed by atoms with Crippen molar-refractivity contribution in [3.63, 3.8) is 0 Å². The van der Waals surface area contributed by atoms with E-state index < -0.39 is 18.0 Å². The molecule has 47 heavy (non-hydrogen) atoms. The molecule has 3 atom stereocenters. The molecule has 4 rings (SSSR count). The van der Waals surface area contributed by atoms with Crippen LogP contribution in [0.15, 0.2) is 85.0 Å². The van der Waals surface area contributed by atoms with Crippen molar-refractivity contribution in [3.05, 3.63) is 107 Å². The predicted molar refractivity (Wildman–Crippen MR) is 186 cm³/mol. The molecule has 0 heterocycles. The van der Waals surface area contributed by atoms with Gasteiger partial charge >= 0.3 is 11.9 Å². The van der Waals surface area contributed by atoms with Crippen molar-refractivity contribution >= 4 is 40.5 Å². The zero-order chi connectivity index (χ0) is 34.1. The fraction of sp³-hybridized carbons (Fsp3) is 0.359. The minimum absolute atomic E-state index is 0.0352. The summed E-state index contributed by atoms with van der Waals surface area (Å²) in [5.41, 5.74) is 6.77. The van der Waals surface area contributed by atoms with Crippen molar-refractivity contribution in [3.8, 4) is 0 Å². The minimum atomic E-state index is -0.833. The maximum absolute atomic E-state index is 14.1. The first-order valence-electron chi connectivity index (χ1n) is 16.3. The molecule has 0 saturated carbocycles. The van der Waals surface area contributed by atoms with Gasteiger partial charge in [0.05, 0.1) is 19.3 Å². The van der Waals surface area contributed by atoms with Gasteiger partial charge < -0.3 is 25.2 Å². The molecule has 0 aliphatic heterocycles. The van der Waals surface area contributed by atoms with Crippen molar-refractivity contribution in [1.29, 1.82) is 0 Å². The molecule has 1 aliphatic carbocycles. The van der Waals surface area contributed by atoms with Gasteiger partial charge in [0.15, 0.2) is 5.78 Å². The molecule has 3 aromatic rings. The summed E-state index contributed by atoms with van der Waals surface area (Å²) in [6.07, 6.45) is 2.91. The van der Waals surface area contributed by atoms with Crippen molar-refractivity contribution in [2.45, 2.75) is 65.9 Å². The summed E-state index contributed by atoms with van der Waals surface area (Å²) in [5, 5.41) is 18.5. The second-order valence-electron chi connectivity index (χ2n) is 12.3. The van der Waals surface area contributed by atoms with Crippen LogP contribution in [0.25, 0.3) is 0 Å². The number of carbonyl (C=O) groups is 3. The van der Waals surface area contributed by atoms with Crippen LogP contribution in [0.3, 0.4) is 0 Å². The number of esters is 2. The van der Waals surface area contributed by atoms with Gasteiger partial charge in [-0.25, -0.2) is 9.59 Å². The van der Waals surface area contributed by atoms with Crippen LogP contribution in [-0.2, 0) is 31.9 Å². The van der Waals surface area contributed by atoms with Crippen LogP contribution in [0.2, 0.25) is 0 Å². The first-order valence-corrected chi connectivity index (χ1v) is 16.3. The van der Waals surface area contributed by atoms with E-state index in [1.165, 1.54) is 0 Å². The van der Waals surface area contributed by atoms with E-state index in [9.17, 15) is 19.5 Å². The van der Waals surface area contributed by atoms with E-state index in [0.29, 0.717) is 46.5 Å². The smallest absolute Gasteiger partial charge is 0.333 e.